The standard InChI is InChI=1S/C22H17F5N2O4/c1-12(21(31)29-14-7-5-13(6-8-14)22(25,26)27)32-19(30)10-9-18-28-11-17(33-18)20-15(23)3-2-4-16(20)24/h2-8,11-12H,9-10H2,1H3,(H,29,31). The molecule has 0 radical (unpaired) electrons. The number of alkyl halides is 3. The Morgan fingerprint density at radius 1 is 1.09 bits per heavy atom. The Kier molecular flexibility index (Phi) is 7.10. The maximum atomic E-state index is 13.8. The van der Waals surface area contributed by atoms with Gasteiger partial charge in [-0.15, -0.1) is 0 Å². The van der Waals surface area contributed by atoms with E-state index in [9.17, 15) is 31.5 Å². The quantitative estimate of drug-likeness (QED) is 0.384. The number of esters is 1. The fourth-order valence-corrected chi connectivity index (χ4v) is 2.78. The number of hydrogen-bond acceptors (Lipinski definition) is 5. The maximum absolute atomic E-state index is 13.8. The van der Waals surface area contributed by atoms with Crippen LogP contribution in [0.4, 0.5) is 27.6 Å². The van der Waals surface area contributed by atoms with Crippen molar-refractivity contribution < 1.29 is 40.7 Å². The molecule has 2 aromatic carbocycles. The third kappa shape index (κ3) is 6.15. The zero-order chi connectivity index (χ0) is 24.2. The molecule has 1 atom stereocenters. The highest BCUT2D eigenvalue weighted by Gasteiger charge is 2.30. The van der Waals surface area contributed by atoms with Gasteiger partial charge in [-0.3, -0.25) is 9.59 Å². The number of rotatable bonds is 7. The van der Waals surface area contributed by atoms with E-state index in [1.54, 1.807) is 0 Å². The van der Waals surface area contributed by atoms with Crippen LogP contribution in [0.2, 0.25) is 0 Å². The summed E-state index contributed by atoms with van der Waals surface area (Å²) in [6.07, 6.45) is -4.90. The number of benzene rings is 2. The molecule has 0 aliphatic rings. The van der Waals surface area contributed by atoms with E-state index in [1.165, 1.54) is 13.0 Å². The van der Waals surface area contributed by atoms with Crippen LogP contribution in [0.25, 0.3) is 11.3 Å². The molecule has 1 heterocycles. The first-order valence-corrected chi connectivity index (χ1v) is 9.61. The Labute approximate surface area is 184 Å². The molecule has 1 N–H and O–H groups in total. The minimum absolute atomic E-state index is 0.0338. The van der Waals surface area contributed by atoms with Gasteiger partial charge in [0, 0.05) is 12.1 Å². The van der Waals surface area contributed by atoms with Gasteiger partial charge in [-0.25, -0.2) is 13.8 Å². The normalized spacial score (nSPS) is 12.3. The summed E-state index contributed by atoms with van der Waals surface area (Å²) in [7, 11) is 0. The summed E-state index contributed by atoms with van der Waals surface area (Å²) in [4.78, 5) is 28.0. The molecule has 1 aromatic heterocycles. The number of anilines is 1. The van der Waals surface area contributed by atoms with Crippen molar-refractivity contribution in [1.82, 2.24) is 4.98 Å². The highest BCUT2D eigenvalue weighted by atomic mass is 19.4. The molecule has 3 aromatic rings. The summed E-state index contributed by atoms with van der Waals surface area (Å²) in [6, 6.07) is 7.11. The lowest BCUT2D eigenvalue weighted by molar-refractivity contribution is -0.153. The first-order chi connectivity index (χ1) is 15.5. The molecule has 33 heavy (non-hydrogen) atoms. The second-order valence-corrected chi connectivity index (χ2v) is 6.91. The van der Waals surface area contributed by atoms with Crippen LogP contribution in [0.3, 0.4) is 0 Å². The first kappa shape index (κ1) is 23.9. The topological polar surface area (TPSA) is 81.4 Å². The van der Waals surface area contributed by atoms with Crippen LogP contribution in [0.1, 0.15) is 24.8 Å². The number of oxazole rings is 1. The fraction of sp³-hybridized carbons (Fsp3) is 0.227. The summed E-state index contributed by atoms with van der Waals surface area (Å²) in [6.45, 7) is 1.29. The lowest BCUT2D eigenvalue weighted by Gasteiger charge is -2.14. The third-order valence-electron chi connectivity index (χ3n) is 4.46. The van der Waals surface area contributed by atoms with E-state index in [1.807, 2.05) is 0 Å². The molecule has 174 valence electrons. The van der Waals surface area contributed by atoms with Crippen LogP contribution in [-0.2, 0) is 26.9 Å². The van der Waals surface area contributed by atoms with Crippen molar-refractivity contribution in [2.75, 3.05) is 5.32 Å². The average Bonchev–Trinajstić information content (AvgIpc) is 3.20. The van der Waals surface area contributed by atoms with Crippen LogP contribution < -0.4 is 5.32 Å². The molecular weight excluding hydrogens is 451 g/mol. The number of carbonyl (C=O) groups excluding carboxylic acids is 2. The molecule has 0 aliphatic heterocycles. The molecule has 0 spiro atoms. The predicted octanol–water partition coefficient (Wildman–Crippen LogP) is 5.14. The number of aryl methyl sites for hydroxylation is 1. The summed E-state index contributed by atoms with van der Waals surface area (Å²) in [5, 5.41) is 2.35. The van der Waals surface area contributed by atoms with Crippen molar-refractivity contribution in [2.45, 2.75) is 32.0 Å². The van der Waals surface area contributed by atoms with Gasteiger partial charge in [0.1, 0.15) is 11.6 Å². The van der Waals surface area contributed by atoms with E-state index in [2.05, 4.69) is 10.3 Å². The zero-order valence-electron chi connectivity index (χ0n) is 17.1. The third-order valence-corrected chi connectivity index (χ3v) is 4.46. The number of halogens is 5. The molecular formula is C22H17F5N2O4. The Morgan fingerprint density at radius 3 is 2.33 bits per heavy atom. The van der Waals surface area contributed by atoms with Crippen molar-refractivity contribution in [2.24, 2.45) is 0 Å². The second kappa shape index (κ2) is 9.80. The second-order valence-electron chi connectivity index (χ2n) is 6.91. The van der Waals surface area contributed by atoms with Crippen LogP contribution in [-0.4, -0.2) is 23.0 Å². The van der Waals surface area contributed by atoms with Gasteiger partial charge in [0.2, 0.25) is 0 Å². The highest BCUT2D eigenvalue weighted by molar-refractivity contribution is 5.95. The molecule has 6 nitrogen and oxygen atoms in total. The number of aromatic nitrogens is 1. The van der Waals surface area contributed by atoms with Gasteiger partial charge in [0.15, 0.2) is 17.8 Å². The van der Waals surface area contributed by atoms with Crippen molar-refractivity contribution in [3.05, 3.63) is 71.8 Å². The van der Waals surface area contributed by atoms with Crippen molar-refractivity contribution in [3.63, 3.8) is 0 Å². The van der Waals surface area contributed by atoms with E-state index in [-0.39, 0.29) is 35.7 Å². The predicted molar refractivity (Wildman–Crippen MR) is 106 cm³/mol. The highest BCUT2D eigenvalue weighted by Crippen LogP contribution is 2.30. The van der Waals surface area contributed by atoms with E-state index in [4.69, 9.17) is 9.15 Å². The van der Waals surface area contributed by atoms with Gasteiger partial charge >= 0.3 is 12.1 Å². The van der Waals surface area contributed by atoms with Crippen molar-refractivity contribution in [3.8, 4) is 11.3 Å². The minimum Gasteiger partial charge on any atom is -0.453 e. The average molecular weight is 468 g/mol. The Morgan fingerprint density at radius 2 is 1.73 bits per heavy atom. The molecule has 1 amide bonds. The summed E-state index contributed by atoms with van der Waals surface area (Å²) >= 11 is 0. The lowest BCUT2D eigenvalue weighted by Crippen LogP contribution is -2.30. The number of nitrogens with one attached hydrogen (secondary N) is 1. The number of nitrogens with zero attached hydrogens (tertiary/aromatic N) is 1. The lowest BCUT2D eigenvalue weighted by atomic mass is 10.1. The molecule has 1 unspecified atom stereocenters. The summed E-state index contributed by atoms with van der Waals surface area (Å²) in [5.74, 6) is -3.28. The Bertz CT molecular complexity index is 1120. The van der Waals surface area contributed by atoms with Crippen molar-refractivity contribution >= 4 is 17.6 Å². The smallest absolute Gasteiger partial charge is 0.416 e. The molecule has 3 rings (SSSR count). The van der Waals surface area contributed by atoms with Crippen LogP contribution in [0, 0.1) is 11.6 Å². The van der Waals surface area contributed by atoms with E-state index in [0.29, 0.717) is 0 Å². The Balaban J connectivity index is 1.50. The van der Waals surface area contributed by atoms with Crippen LogP contribution in [0.15, 0.2) is 53.1 Å². The van der Waals surface area contributed by atoms with Crippen LogP contribution in [0.5, 0.6) is 0 Å². The van der Waals surface area contributed by atoms with Gasteiger partial charge < -0.3 is 14.5 Å². The Hall–Kier alpha value is -3.76. The molecule has 0 bridgehead atoms. The van der Waals surface area contributed by atoms with Gasteiger partial charge in [-0.1, -0.05) is 6.07 Å². The molecule has 11 heteroatoms. The zero-order valence-corrected chi connectivity index (χ0v) is 17.1. The number of amides is 1. The maximum Gasteiger partial charge on any atom is 0.416 e. The minimum atomic E-state index is -4.50. The van der Waals surface area contributed by atoms with Crippen molar-refractivity contribution in [1.29, 1.82) is 0 Å². The largest absolute Gasteiger partial charge is 0.453 e. The van der Waals surface area contributed by atoms with Gasteiger partial charge in [-0.05, 0) is 43.3 Å². The van der Waals surface area contributed by atoms with Gasteiger partial charge in [0.25, 0.3) is 5.91 Å². The summed E-state index contributed by atoms with van der Waals surface area (Å²) < 4.78 is 75.7. The molecule has 0 saturated carbocycles. The van der Waals surface area contributed by atoms with Gasteiger partial charge in [-0.2, -0.15) is 13.2 Å². The molecule has 0 fully saturated rings. The number of hydrogen-bond donors (Lipinski definition) is 1. The molecule has 0 saturated heterocycles. The van der Waals surface area contributed by atoms with Crippen LogP contribution >= 0.6 is 0 Å². The van der Waals surface area contributed by atoms with E-state index in [0.717, 1.165) is 42.6 Å². The monoisotopic (exact) mass is 468 g/mol. The number of carbonyl (C=O) groups is 2. The molecule has 0 aliphatic carbocycles. The first-order valence-electron chi connectivity index (χ1n) is 9.61. The fourth-order valence-electron chi connectivity index (χ4n) is 2.78. The number of ether oxygens (including phenoxy) is 1. The van der Waals surface area contributed by atoms with E-state index < -0.39 is 41.4 Å². The van der Waals surface area contributed by atoms with E-state index >= 15 is 0 Å². The summed E-state index contributed by atoms with van der Waals surface area (Å²) in [5.41, 5.74) is -1.15. The van der Waals surface area contributed by atoms with Gasteiger partial charge in [0.05, 0.1) is 23.7 Å². The SMILES string of the molecule is CC(OC(=O)CCc1ncc(-c2c(F)cccc2F)o1)C(=O)Nc1ccc(C(F)(F)F)cc1.